The maximum Gasteiger partial charge on any atom is 0.238 e. The molecule has 2 amide bonds. The van der Waals surface area contributed by atoms with Crippen LogP contribution in [0.4, 0.5) is 5.69 Å². The predicted octanol–water partition coefficient (Wildman–Crippen LogP) is 3.13. The minimum atomic E-state index is -0.197. The molecule has 6 nitrogen and oxygen atoms in total. The van der Waals surface area contributed by atoms with Gasteiger partial charge in [0, 0.05) is 31.9 Å². The maximum atomic E-state index is 12.7. The third kappa shape index (κ3) is 6.15. The van der Waals surface area contributed by atoms with E-state index in [0.29, 0.717) is 6.54 Å². The Labute approximate surface area is 185 Å². The van der Waals surface area contributed by atoms with Crippen molar-refractivity contribution in [3.8, 4) is 0 Å². The highest BCUT2D eigenvalue weighted by Gasteiger charge is 2.27. The fourth-order valence-electron chi connectivity index (χ4n) is 4.03. The lowest BCUT2D eigenvalue weighted by Crippen LogP contribution is -2.55. The van der Waals surface area contributed by atoms with E-state index in [9.17, 15) is 9.59 Å². The van der Waals surface area contributed by atoms with Gasteiger partial charge in [-0.2, -0.15) is 0 Å². The van der Waals surface area contributed by atoms with Crippen molar-refractivity contribution in [2.24, 2.45) is 0 Å². The summed E-state index contributed by atoms with van der Waals surface area (Å²) in [6.45, 7) is 11.4. The van der Waals surface area contributed by atoms with Crippen molar-refractivity contribution in [2.45, 2.75) is 39.8 Å². The van der Waals surface area contributed by atoms with Gasteiger partial charge >= 0.3 is 0 Å². The Bertz CT molecular complexity index is 871. The molecule has 0 aromatic heterocycles. The molecule has 1 aliphatic rings. The summed E-state index contributed by atoms with van der Waals surface area (Å²) in [4.78, 5) is 29.6. The number of carbonyl (C=O) groups excluding carboxylic acids is 2. The first-order valence-electron chi connectivity index (χ1n) is 11.0. The second-order valence-corrected chi connectivity index (χ2v) is 8.44. The summed E-state index contributed by atoms with van der Waals surface area (Å²) in [5.74, 6) is 0.0471. The van der Waals surface area contributed by atoms with Gasteiger partial charge in [0.15, 0.2) is 0 Å². The van der Waals surface area contributed by atoms with Crippen LogP contribution in [-0.4, -0.2) is 60.4 Å². The Hall–Kier alpha value is -2.70. The molecule has 2 aromatic carbocycles. The molecule has 1 aliphatic heterocycles. The Morgan fingerprint density at radius 2 is 1.52 bits per heavy atom. The lowest BCUT2D eigenvalue weighted by molar-refractivity contribution is -0.127. The van der Waals surface area contributed by atoms with Crippen LogP contribution >= 0.6 is 0 Å². The topological polar surface area (TPSA) is 64.7 Å². The van der Waals surface area contributed by atoms with E-state index in [0.717, 1.165) is 48.6 Å². The average Bonchev–Trinajstić information content (AvgIpc) is 2.77. The molecule has 2 atom stereocenters. The lowest BCUT2D eigenvalue weighted by Gasteiger charge is -2.37. The number of nitrogens with one attached hydrogen (secondary N) is 2. The Morgan fingerprint density at radius 3 is 2.13 bits per heavy atom. The van der Waals surface area contributed by atoms with Gasteiger partial charge in [0.1, 0.15) is 0 Å². The number of rotatable bonds is 7. The van der Waals surface area contributed by atoms with Crippen molar-refractivity contribution in [1.29, 1.82) is 0 Å². The first-order chi connectivity index (χ1) is 14.8. The molecule has 2 aromatic rings. The Balaban J connectivity index is 1.45. The summed E-state index contributed by atoms with van der Waals surface area (Å²) in [6, 6.07) is 15.8. The third-order valence-corrected chi connectivity index (χ3v) is 6.11. The molecule has 0 radical (unpaired) electrons. The minimum absolute atomic E-state index is 0.00771. The maximum absolute atomic E-state index is 12.7. The number of nitrogens with zero attached hydrogens (tertiary/aromatic N) is 2. The zero-order valence-corrected chi connectivity index (χ0v) is 19.0. The minimum Gasteiger partial charge on any atom is -0.348 e. The van der Waals surface area contributed by atoms with Crippen LogP contribution in [0.3, 0.4) is 0 Å². The van der Waals surface area contributed by atoms with E-state index >= 15 is 0 Å². The van der Waals surface area contributed by atoms with Gasteiger partial charge in [-0.15, -0.1) is 0 Å². The second-order valence-electron chi connectivity index (χ2n) is 8.44. The summed E-state index contributed by atoms with van der Waals surface area (Å²) in [5.41, 5.74) is 4.15. The third-order valence-electron chi connectivity index (χ3n) is 6.11. The Kier molecular flexibility index (Phi) is 7.82. The molecular formula is C25H34N4O2. The zero-order chi connectivity index (χ0) is 22.4. The Morgan fingerprint density at radius 1 is 0.903 bits per heavy atom. The highest BCUT2D eigenvalue weighted by atomic mass is 16.2. The van der Waals surface area contributed by atoms with E-state index in [4.69, 9.17) is 0 Å². The number of piperazine rings is 1. The van der Waals surface area contributed by atoms with Crippen LogP contribution in [-0.2, 0) is 9.59 Å². The van der Waals surface area contributed by atoms with Crippen LogP contribution in [0.1, 0.15) is 36.6 Å². The number of benzene rings is 2. The van der Waals surface area contributed by atoms with Gasteiger partial charge in [-0.25, -0.2) is 0 Å². The molecular weight excluding hydrogens is 388 g/mol. The van der Waals surface area contributed by atoms with Crippen LogP contribution in [0.5, 0.6) is 0 Å². The van der Waals surface area contributed by atoms with Gasteiger partial charge in [-0.05, 0) is 44.4 Å². The molecule has 0 spiro atoms. The first kappa shape index (κ1) is 23.0. The fraction of sp³-hybridized carbons (Fsp3) is 0.440. The standard InChI is InChI=1S/C25H34N4O2/c1-18-9-8-10-19(2)24(18)27-23(30)17-28-13-15-29(16-14-28)21(4)25(31)26-20(3)22-11-6-5-7-12-22/h5-12,20-21H,13-17H2,1-4H3,(H,26,31)(H,27,30). The summed E-state index contributed by atoms with van der Waals surface area (Å²) < 4.78 is 0. The largest absolute Gasteiger partial charge is 0.348 e. The van der Waals surface area contributed by atoms with E-state index in [1.54, 1.807) is 0 Å². The number of hydrogen-bond donors (Lipinski definition) is 2. The average molecular weight is 423 g/mol. The molecule has 6 heteroatoms. The van der Waals surface area contributed by atoms with Crippen LogP contribution < -0.4 is 10.6 Å². The van der Waals surface area contributed by atoms with Crippen molar-refractivity contribution in [3.63, 3.8) is 0 Å². The van der Waals surface area contributed by atoms with Gasteiger partial charge in [0.05, 0.1) is 18.6 Å². The van der Waals surface area contributed by atoms with Gasteiger partial charge in [-0.1, -0.05) is 48.5 Å². The molecule has 0 bridgehead atoms. The monoisotopic (exact) mass is 422 g/mol. The molecule has 0 aliphatic carbocycles. The summed E-state index contributed by atoms with van der Waals surface area (Å²) in [7, 11) is 0. The van der Waals surface area contributed by atoms with Gasteiger partial charge < -0.3 is 10.6 Å². The normalized spacial score (nSPS) is 17.0. The van der Waals surface area contributed by atoms with Crippen molar-refractivity contribution >= 4 is 17.5 Å². The van der Waals surface area contributed by atoms with Gasteiger partial charge in [0.25, 0.3) is 0 Å². The first-order valence-corrected chi connectivity index (χ1v) is 11.0. The molecule has 3 rings (SSSR count). The molecule has 0 saturated carbocycles. The predicted molar refractivity (Wildman–Crippen MR) is 125 cm³/mol. The number of aryl methyl sites for hydroxylation is 2. The molecule has 2 N–H and O–H groups in total. The fourth-order valence-corrected chi connectivity index (χ4v) is 4.03. The van der Waals surface area contributed by atoms with Gasteiger partial charge in [-0.3, -0.25) is 19.4 Å². The molecule has 1 heterocycles. The molecule has 1 fully saturated rings. The SMILES string of the molecule is Cc1cccc(C)c1NC(=O)CN1CCN(C(C)C(=O)NC(C)c2ccccc2)CC1. The van der Waals surface area contributed by atoms with Crippen LogP contribution in [0.2, 0.25) is 0 Å². The van der Waals surface area contributed by atoms with Crippen LogP contribution in [0.25, 0.3) is 0 Å². The van der Waals surface area contributed by atoms with Crippen LogP contribution in [0, 0.1) is 13.8 Å². The molecule has 2 unspecified atom stereocenters. The summed E-state index contributed by atoms with van der Waals surface area (Å²) in [6.07, 6.45) is 0. The highest BCUT2D eigenvalue weighted by molar-refractivity contribution is 5.93. The number of amides is 2. The number of hydrogen-bond acceptors (Lipinski definition) is 4. The number of para-hydroxylation sites is 1. The molecule has 1 saturated heterocycles. The van der Waals surface area contributed by atoms with E-state index in [2.05, 4.69) is 20.4 Å². The van der Waals surface area contributed by atoms with E-state index in [1.807, 2.05) is 76.2 Å². The molecule has 31 heavy (non-hydrogen) atoms. The van der Waals surface area contributed by atoms with Crippen molar-refractivity contribution in [2.75, 3.05) is 38.0 Å². The summed E-state index contributed by atoms with van der Waals surface area (Å²) in [5, 5.41) is 6.17. The quantitative estimate of drug-likeness (QED) is 0.720. The smallest absolute Gasteiger partial charge is 0.238 e. The number of anilines is 1. The summed E-state index contributed by atoms with van der Waals surface area (Å²) >= 11 is 0. The van der Waals surface area contributed by atoms with Gasteiger partial charge in [0.2, 0.25) is 11.8 Å². The lowest BCUT2D eigenvalue weighted by atomic mass is 10.1. The van der Waals surface area contributed by atoms with Crippen molar-refractivity contribution < 1.29 is 9.59 Å². The van der Waals surface area contributed by atoms with E-state index in [1.165, 1.54) is 0 Å². The number of carbonyl (C=O) groups is 2. The van der Waals surface area contributed by atoms with Crippen LogP contribution in [0.15, 0.2) is 48.5 Å². The van der Waals surface area contributed by atoms with E-state index in [-0.39, 0.29) is 23.9 Å². The molecule has 166 valence electrons. The highest BCUT2D eigenvalue weighted by Crippen LogP contribution is 2.19. The van der Waals surface area contributed by atoms with E-state index < -0.39 is 0 Å². The van der Waals surface area contributed by atoms with Crippen molar-refractivity contribution in [3.05, 3.63) is 65.2 Å². The second kappa shape index (κ2) is 10.6. The zero-order valence-electron chi connectivity index (χ0n) is 19.0. The van der Waals surface area contributed by atoms with Crippen molar-refractivity contribution in [1.82, 2.24) is 15.1 Å².